The van der Waals surface area contributed by atoms with E-state index in [0.717, 1.165) is 5.92 Å². The van der Waals surface area contributed by atoms with Crippen LogP contribution < -0.4 is 0 Å². The summed E-state index contributed by atoms with van der Waals surface area (Å²) in [5, 5.41) is 0. The minimum Gasteiger partial charge on any atom is -0.289 e. The number of hydrogen-bond acceptors (Lipinski definition) is 1. The van der Waals surface area contributed by atoms with E-state index in [2.05, 4.69) is 27.4 Å². The van der Waals surface area contributed by atoms with E-state index >= 15 is 0 Å². The van der Waals surface area contributed by atoms with Crippen LogP contribution >= 0.6 is 0 Å². The van der Waals surface area contributed by atoms with Gasteiger partial charge in [0.15, 0.2) is 5.78 Å². The fourth-order valence-corrected chi connectivity index (χ4v) is 0.504. The molecule has 0 saturated carbocycles. The fraction of sp³-hybridized carbons (Fsp3) is 0.364. The standard InChI is InChI=1S/C7H6O.C4H10/c1-6-4-2-3-5-7(6)8;1-4(2)3/h2-5H,1H2;4H,1-3H3. The van der Waals surface area contributed by atoms with Gasteiger partial charge in [-0.05, 0) is 12.0 Å². The van der Waals surface area contributed by atoms with Gasteiger partial charge in [-0.15, -0.1) is 0 Å². The molecule has 0 aromatic heterocycles. The predicted molar refractivity (Wildman–Crippen MR) is 52.9 cm³/mol. The smallest absolute Gasteiger partial charge is 0.185 e. The molecule has 0 heterocycles. The van der Waals surface area contributed by atoms with Gasteiger partial charge in [-0.3, -0.25) is 4.79 Å². The first kappa shape index (κ1) is 10.9. The summed E-state index contributed by atoms with van der Waals surface area (Å²) in [7, 11) is 0. The zero-order valence-electron chi connectivity index (χ0n) is 8.00. The van der Waals surface area contributed by atoms with Gasteiger partial charge in [-0.1, -0.05) is 45.6 Å². The molecule has 0 atom stereocenters. The Hall–Kier alpha value is -1.11. The summed E-state index contributed by atoms with van der Waals surface area (Å²) in [5.74, 6) is 0.840. The van der Waals surface area contributed by atoms with Crippen LogP contribution in [0.2, 0.25) is 0 Å². The monoisotopic (exact) mass is 164 g/mol. The average molecular weight is 164 g/mol. The van der Waals surface area contributed by atoms with Crippen molar-refractivity contribution in [2.45, 2.75) is 20.8 Å². The molecule has 1 nitrogen and oxygen atoms in total. The summed E-state index contributed by atoms with van der Waals surface area (Å²) >= 11 is 0. The van der Waals surface area contributed by atoms with Gasteiger partial charge in [0, 0.05) is 5.57 Å². The molecule has 0 aromatic carbocycles. The average Bonchev–Trinajstić information content (AvgIpc) is 1.94. The minimum atomic E-state index is 0.00694. The van der Waals surface area contributed by atoms with Crippen LogP contribution in [0.15, 0.2) is 36.5 Å². The van der Waals surface area contributed by atoms with Gasteiger partial charge in [0.2, 0.25) is 0 Å². The quantitative estimate of drug-likeness (QED) is 0.503. The van der Waals surface area contributed by atoms with Crippen molar-refractivity contribution < 1.29 is 4.79 Å². The van der Waals surface area contributed by atoms with Gasteiger partial charge in [-0.25, -0.2) is 0 Å². The maximum Gasteiger partial charge on any atom is 0.185 e. The number of carbonyl (C=O) groups excluding carboxylic acids is 1. The fourth-order valence-electron chi connectivity index (χ4n) is 0.504. The van der Waals surface area contributed by atoms with Gasteiger partial charge in [0.05, 0.1) is 0 Å². The second-order valence-corrected chi connectivity index (χ2v) is 3.34. The summed E-state index contributed by atoms with van der Waals surface area (Å²) in [5.41, 5.74) is 0.563. The van der Waals surface area contributed by atoms with Crippen molar-refractivity contribution >= 4 is 5.78 Å². The van der Waals surface area contributed by atoms with E-state index in [1.54, 1.807) is 18.2 Å². The van der Waals surface area contributed by atoms with E-state index in [1.165, 1.54) is 6.08 Å². The van der Waals surface area contributed by atoms with E-state index in [1.807, 2.05) is 0 Å². The molecule has 0 spiro atoms. The molecule has 1 aliphatic rings. The molecule has 0 amide bonds. The highest BCUT2D eigenvalue weighted by Gasteiger charge is 1.99. The van der Waals surface area contributed by atoms with Crippen LogP contribution in [0.1, 0.15) is 20.8 Å². The number of allylic oxidation sites excluding steroid dienone is 5. The molecule has 12 heavy (non-hydrogen) atoms. The molecule has 0 N–H and O–H groups in total. The highest BCUT2D eigenvalue weighted by molar-refractivity contribution is 6.06. The first-order valence-corrected chi connectivity index (χ1v) is 4.12. The Morgan fingerprint density at radius 1 is 1.17 bits per heavy atom. The summed E-state index contributed by atoms with van der Waals surface area (Å²) in [6.07, 6.45) is 6.70. The topological polar surface area (TPSA) is 17.1 Å². The number of hydrogen-bond donors (Lipinski definition) is 0. The highest BCUT2D eigenvalue weighted by Crippen LogP contribution is 2.01. The summed E-state index contributed by atoms with van der Waals surface area (Å²) < 4.78 is 0. The Kier molecular flexibility index (Phi) is 5.02. The molecule has 0 unspecified atom stereocenters. The van der Waals surface area contributed by atoms with Crippen LogP contribution in [-0.4, -0.2) is 5.78 Å². The normalized spacial score (nSPS) is 14.7. The van der Waals surface area contributed by atoms with Gasteiger partial charge >= 0.3 is 0 Å². The third-order valence-electron chi connectivity index (χ3n) is 0.973. The maximum atomic E-state index is 10.6. The maximum absolute atomic E-state index is 10.6. The van der Waals surface area contributed by atoms with Crippen molar-refractivity contribution in [3.63, 3.8) is 0 Å². The van der Waals surface area contributed by atoms with Gasteiger partial charge in [0.25, 0.3) is 0 Å². The summed E-state index contributed by atoms with van der Waals surface area (Å²) in [4.78, 5) is 10.6. The molecular weight excluding hydrogens is 148 g/mol. The molecule has 1 rings (SSSR count). The second kappa shape index (κ2) is 5.53. The Bertz CT molecular complexity index is 194. The zero-order chi connectivity index (χ0) is 9.56. The van der Waals surface area contributed by atoms with E-state index < -0.39 is 0 Å². The number of ketones is 1. The number of carbonyl (C=O) groups is 1. The van der Waals surface area contributed by atoms with E-state index in [0.29, 0.717) is 5.57 Å². The highest BCUT2D eigenvalue weighted by atomic mass is 16.1. The molecular formula is C11H16O. The second-order valence-electron chi connectivity index (χ2n) is 3.34. The Balaban J connectivity index is 0.000000261. The molecule has 0 aliphatic heterocycles. The predicted octanol–water partition coefficient (Wildman–Crippen LogP) is 2.90. The Labute approximate surface area is 74.5 Å². The summed E-state index contributed by atoms with van der Waals surface area (Å²) in [6.45, 7) is 10.0. The lowest BCUT2D eigenvalue weighted by atomic mass is 10.1. The van der Waals surface area contributed by atoms with Crippen molar-refractivity contribution in [1.82, 2.24) is 0 Å². The van der Waals surface area contributed by atoms with Crippen LogP contribution in [-0.2, 0) is 4.79 Å². The molecule has 1 aliphatic carbocycles. The Morgan fingerprint density at radius 2 is 1.58 bits per heavy atom. The zero-order valence-corrected chi connectivity index (χ0v) is 8.00. The minimum absolute atomic E-state index is 0.00694. The van der Waals surface area contributed by atoms with Crippen molar-refractivity contribution in [2.75, 3.05) is 0 Å². The van der Waals surface area contributed by atoms with Crippen LogP contribution in [0.3, 0.4) is 0 Å². The number of rotatable bonds is 0. The van der Waals surface area contributed by atoms with Crippen LogP contribution in [0, 0.1) is 5.92 Å². The van der Waals surface area contributed by atoms with Crippen LogP contribution in [0.5, 0.6) is 0 Å². The van der Waals surface area contributed by atoms with Gasteiger partial charge in [0.1, 0.15) is 0 Å². The van der Waals surface area contributed by atoms with E-state index in [9.17, 15) is 4.79 Å². The van der Waals surface area contributed by atoms with Crippen molar-refractivity contribution in [1.29, 1.82) is 0 Å². The van der Waals surface area contributed by atoms with E-state index in [4.69, 9.17) is 0 Å². The van der Waals surface area contributed by atoms with Gasteiger partial charge in [-0.2, -0.15) is 0 Å². The third-order valence-corrected chi connectivity index (χ3v) is 0.973. The lowest BCUT2D eigenvalue weighted by Crippen LogP contribution is -1.95. The molecule has 0 radical (unpaired) electrons. The SMILES string of the molecule is C=C1C=CC=CC1=O.CC(C)C. The molecule has 0 fully saturated rings. The molecule has 0 aromatic rings. The lowest BCUT2D eigenvalue weighted by Gasteiger charge is -1.94. The first-order valence-electron chi connectivity index (χ1n) is 4.12. The molecule has 1 heteroatoms. The van der Waals surface area contributed by atoms with Gasteiger partial charge < -0.3 is 0 Å². The third kappa shape index (κ3) is 5.66. The first-order chi connectivity index (χ1) is 5.54. The van der Waals surface area contributed by atoms with Crippen molar-refractivity contribution in [3.8, 4) is 0 Å². The molecule has 0 bridgehead atoms. The molecule has 66 valence electrons. The van der Waals surface area contributed by atoms with Crippen molar-refractivity contribution in [2.24, 2.45) is 5.92 Å². The van der Waals surface area contributed by atoms with Crippen LogP contribution in [0.25, 0.3) is 0 Å². The summed E-state index contributed by atoms with van der Waals surface area (Å²) in [6, 6.07) is 0. The van der Waals surface area contributed by atoms with Crippen molar-refractivity contribution in [3.05, 3.63) is 36.5 Å². The molecule has 0 saturated heterocycles. The lowest BCUT2D eigenvalue weighted by molar-refractivity contribution is -0.111. The van der Waals surface area contributed by atoms with E-state index in [-0.39, 0.29) is 5.78 Å². The Morgan fingerprint density at radius 3 is 1.83 bits per heavy atom. The largest absolute Gasteiger partial charge is 0.289 e. The van der Waals surface area contributed by atoms with Crippen LogP contribution in [0.4, 0.5) is 0 Å².